The van der Waals surface area contributed by atoms with E-state index in [1.54, 1.807) is 11.3 Å². The Morgan fingerprint density at radius 2 is 1.56 bits per heavy atom. The number of benzene rings is 3. The van der Waals surface area contributed by atoms with Crippen LogP contribution in [0.2, 0.25) is 0 Å². The molecule has 0 aliphatic carbocycles. The van der Waals surface area contributed by atoms with Crippen molar-refractivity contribution in [2.75, 3.05) is 5.43 Å². The molecule has 1 aromatic heterocycles. The zero-order valence-corrected chi connectivity index (χ0v) is 15.8. The van der Waals surface area contributed by atoms with Gasteiger partial charge in [-0.25, -0.2) is 4.98 Å². The van der Waals surface area contributed by atoms with Crippen molar-refractivity contribution in [3.63, 3.8) is 0 Å². The predicted molar refractivity (Wildman–Crippen MR) is 115 cm³/mol. The number of aryl methyl sites for hydroxylation is 1. The van der Waals surface area contributed by atoms with E-state index in [0.717, 1.165) is 22.0 Å². The summed E-state index contributed by atoms with van der Waals surface area (Å²) in [4.78, 5) is 4.60. The van der Waals surface area contributed by atoms with Gasteiger partial charge >= 0.3 is 0 Å². The molecule has 3 aromatic carbocycles. The summed E-state index contributed by atoms with van der Waals surface area (Å²) in [6.45, 7) is 2.13. The third kappa shape index (κ3) is 3.96. The smallest absolute Gasteiger partial charge is 0.203 e. The maximum atomic E-state index is 4.60. The highest BCUT2D eigenvalue weighted by atomic mass is 32.1. The molecule has 1 N–H and O–H groups in total. The van der Waals surface area contributed by atoms with Gasteiger partial charge in [-0.05, 0) is 23.6 Å². The van der Waals surface area contributed by atoms with Crippen molar-refractivity contribution >= 4 is 22.7 Å². The number of aromatic nitrogens is 1. The molecule has 1 heterocycles. The first-order valence-electron chi connectivity index (χ1n) is 8.76. The van der Waals surface area contributed by atoms with Crippen LogP contribution in [0.4, 0.5) is 5.13 Å². The van der Waals surface area contributed by atoms with Crippen LogP contribution in [0, 0.1) is 6.92 Å². The Hall–Kier alpha value is -3.24. The van der Waals surface area contributed by atoms with Crippen molar-refractivity contribution in [3.05, 3.63) is 95.4 Å². The van der Waals surface area contributed by atoms with E-state index in [0.29, 0.717) is 0 Å². The first kappa shape index (κ1) is 17.2. The molecule has 0 spiro atoms. The second-order valence-corrected chi connectivity index (χ2v) is 7.03. The van der Waals surface area contributed by atoms with E-state index in [9.17, 15) is 0 Å². The molecule has 27 heavy (non-hydrogen) atoms. The number of anilines is 1. The molecular formula is C23H19N3S. The van der Waals surface area contributed by atoms with Crippen molar-refractivity contribution in [3.8, 4) is 22.4 Å². The lowest BCUT2D eigenvalue weighted by molar-refractivity contribution is 1.29. The van der Waals surface area contributed by atoms with Crippen LogP contribution in [0.25, 0.3) is 22.4 Å². The van der Waals surface area contributed by atoms with Crippen molar-refractivity contribution in [1.82, 2.24) is 4.98 Å². The molecule has 3 nitrogen and oxygen atoms in total. The number of hydrogen-bond donors (Lipinski definition) is 1. The van der Waals surface area contributed by atoms with Crippen molar-refractivity contribution in [1.29, 1.82) is 0 Å². The average Bonchev–Trinajstić information content (AvgIpc) is 3.19. The molecule has 0 unspecified atom stereocenters. The summed E-state index contributed by atoms with van der Waals surface area (Å²) < 4.78 is 0. The summed E-state index contributed by atoms with van der Waals surface area (Å²) in [5.74, 6) is 0. The molecule has 0 saturated carbocycles. The Morgan fingerprint density at radius 3 is 2.37 bits per heavy atom. The topological polar surface area (TPSA) is 37.3 Å². The van der Waals surface area contributed by atoms with Gasteiger partial charge < -0.3 is 0 Å². The molecule has 4 rings (SSSR count). The molecule has 0 amide bonds. The molecule has 0 aliphatic heterocycles. The number of hydrazone groups is 1. The van der Waals surface area contributed by atoms with Crippen molar-refractivity contribution in [2.24, 2.45) is 5.10 Å². The van der Waals surface area contributed by atoms with Gasteiger partial charge in [-0.1, -0.05) is 78.9 Å². The number of thiazole rings is 1. The van der Waals surface area contributed by atoms with Gasteiger partial charge in [0.1, 0.15) is 0 Å². The predicted octanol–water partition coefficient (Wildman–Crippen LogP) is 6.23. The maximum Gasteiger partial charge on any atom is 0.203 e. The molecule has 0 radical (unpaired) electrons. The average molecular weight is 369 g/mol. The summed E-state index contributed by atoms with van der Waals surface area (Å²) in [7, 11) is 0. The molecule has 0 fully saturated rings. The lowest BCUT2D eigenvalue weighted by Gasteiger charge is -2.08. The quantitative estimate of drug-likeness (QED) is 0.334. The standard InChI is InChI=1S/C23H19N3S/c1-17-9-5-7-13-20(17)21-14-8-6-12-19(21)15-24-26-23-25-22(16-27-23)18-10-3-2-4-11-18/h2-16H,1H3,(H,25,26). The van der Waals surface area contributed by atoms with Gasteiger partial charge in [0.05, 0.1) is 11.9 Å². The molecule has 0 bridgehead atoms. The highest BCUT2D eigenvalue weighted by Gasteiger charge is 2.06. The molecule has 0 aliphatic rings. The summed E-state index contributed by atoms with van der Waals surface area (Å²) >= 11 is 1.55. The van der Waals surface area contributed by atoms with Gasteiger partial charge in [0.2, 0.25) is 5.13 Å². The summed E-state index contributed by atoms with van der Waals surface area (Å²) in [6.07, 6.45) is 1.85. The van der Waals surface area contributed by atoms with Gasteiger partial charge in [0, 0.05) is 16.5 Å². The van der Waals surface area contributed by atoms with E-state index in [4.69, 9.17) is 0 Å². The van der Waals surface area contributed by atoms with E-state index in [1.165, 1.54) is 16.7 Å². The monoisotopic (exact) mass is 369 g/mol. The number of rotatable bonds is 5. The van der Waals surface area contributed by atoms with E-state index in [-0.39, 0.29) is 0 Å². The van der Waals surface area contributed by atoms with E-state index >= 15 is 0 Å². The normalized spacial score (nSPS) is 11.0. The van der Waals surface area contributed by atoms with Crippen LogP contribution in [0.15, 0.2) is 89.3 Å². The van der Waals surface area contributed by atoms with Gasteiger partial charge in [-0.3, -0.25) is 5.43 Å². The second kappa shape index (κ2) is 7.98. The highest BCUT2D eigenvalue weighted by Crippen LogP contribution is 2.26. The van der Waals surface area contributed by atoms with E-state index in [2.05, 4.69) is 77.0 Å². The Kier molecular flexibility index (Phi) is 5.08. The molecule has 4 aromatic rings. The largest absolute Gasteiger partial charge is 0.253 e. The summed E-state index contributed by atoms with van der Waals surface area (Å²) in [5.41, 5.74) is 9.83. The Balaban J connectivity index is 1.53. The summed E-state index contributed by atoms with van der Waals surface area (Å²) in [5, 5.41) is 7.22. The molecule has 132 valence electrons. The van der Waals surface area contributed by atoms with Gasteiger partial charge in [-0.2, -0.15) is 5.10 Å². The van der Waals surface area contributed by atoms with Gasteiger partial charge in [0.15, 0.2) is 0 Å². The zero-order valence-electron chi connectivity index (χ0n) is 15.0. The van der Waals surface area contributed by atoms with E-state index in [1.807, 2.05) is 35.9 Å². The number of hydrogen-bond acceptors (Lipinski definition) is 4. The zero-order chi connectivity index (χ0) is 18.5. The van der Waals surface area contributed by atoms with Crippen LogP contribution in [0.3, 0.4) is 0 Å². The first-order chi connectivity index (χ1) is 13.3. The van der Waals surface area contributed by atoms with Crippen molar-refractivity contribution in [2.45, 2.75) is 6.92 Å². The Bertz CT molecular complexity index is 1070. The SMILES string of the molecule is Cc1ccccc1-c1ccccc1C=NNc1nc(-c2ccccc2)cs1. The Labute approximate surface area is 163 Å². The fourth-order valence-corrected chi connectivity index (χ4v) is 3.62. The third-order valence-electron chi connectivity index (χ3n) is 4.33. The van der Waals surface area contributed by atoms with E-state index < -0.39 is 0 Å². The fourth-order valence-electron chi connectivity index (χ4n) is 2.95. The maximum absolute atomic E-state index is 4.60. The third-order valence-corrected chi connectivity index (χ3v) is 5.08. The number of nitrogens with one attached hydrogen (secondary N) is 1. The minimum atomic E-state index is 0.776. The Morgan fingerprint density at radius 1 is 0.852 bits per heavy atom. The lowest BCUT2D eigenvalue weighted by Crippen LogP contribution is -1.93. The lowest BCUT2D eigenvalue weighted by atomic mass is 9.97. The van der Waals surface area contributed by atoms with Crippen LogP contribution in [0.1, 0.15) is 11.1 Å². The molecule has 0 saturated heterocycles. The minimum Gasteiger partial charge on any atom is -0.253 e. The number of nitrogens with zero attached hydrogens (tertiary/aromatic N) is 2. The molecule has 0 atom stereocenters. The van der Waals surface area contributed by atoms with Crippen LogP contribution < -0.4 is 5.43 Å². The molecular weight excluding hydrogens is 350 g/mol. The van der Waals surface area contributed by atoms with Crippen LogP contribution >= 0.6 is 11.3 Å². The highest BCUT2D eigenvalue weighted by molar-refractivity contribution is 7.14. The van der Waals surface area contributed by atoms with Crippen molar-refractivity contribution < 1.29 is 0 Å². The fraction of sp³-hybridized carbons (Fsp3) is 0.0435. The second-order valence-electron chi connectivity index (χ2n) is 6.18. The van der Waals surface area contributed by atoms with Crippen LogP contribution in [-0.2, 0) is 0 Å². The minimum absolute atomic E-state index is 0.776. The van der Waals surface area contributed by atoms with Crippen LogP contribution in [-0.4, -0.2) is 11.2 Å². The summed E-state index contributed by atoms with van der Waals surface area (Å²) in [6, 6.07) is 26.8. The first-order valence-corrected chi connectivity index (χ1v) is 9.64. The van der Waals surface area contributed by atoms with Gasteiger partial charge in [0.25, 0.3) is 0 Å². The molecule has 4 heteroatoms. The van der Waals surface area contributed by atoms with Crippen LogP contribution in [0.5, 0.6) is 0 Å². The van der Waals surface area contributed by atoms with Gasteiger partial charge in [-0.15, -0.1) is 11.3 Å².